The molecular weight excluding hydrogens is 515 g/mol. The standard InChI is InChI=1S/C19H18F7N3O3S2/c1-10-17(27)29-19(2,9-33(10,31)32)14-7-12(8-15(20)16(14)21)28-18(30)11-3-5-13(6-4-11)34(22,23,24,25)26/h3-8,10H,9H2,1-2H3,(H2,27,29)(H,28,30)/t10?,19-/m0/s1. The summed E-state index contributed by atoms with van der Waals surface area (Å²) >= 11 is 0. The highest BCUT2D eigenvalue weighted by molar-refractivity contribution is 8.45. The predicted molar refractivity (Wildman–Crippen MR) is 114 cm³/mol. The van der Waals surface area contributed by atoms with Crippen LogP contribution in [0, 0.1) is 11.6 Å². The topological polar surface area (TPSA) is 102 Å². The summed E-state index contributed by atoms with van der Waals surface area (Å²) in [4.78, 5) is 14.2. The van der Waals surface area contributed by atoms with Crippen molar-refractivity contribution in [2.45, 2.75) is 29.5 Å². The Balaban J connectivity index is 1.97. The number of rotatable bonds is 4. The predicted octanol–water partition coefficient (Wildman–Crippen LogP) is 5.26. The van der Waals surface area contributed by atoms with Gasteiger partial charge in [-0.15, -0.1) is 0 Å². The first-order valence-corrected chi connectivity index (χ1v) is 13.0. The Morgan fingerprint density at radius 3 is 2.18 bits per heavy atom. The number of hydrogen-bond donors (Lipinski definition) is 2. The second-order valence-corrected chi connectivity index (χ2v) is 12.8. The summed E-state index contributed by atoms with van der Waals surface area (Å²) in [7, 11) is -13.8. The van der Waals surface area contributed by atoms with E-state index in [2.05, 4.69) is 10.3 Å². The molecule has 1 unspecified atom stereocenters. The van der Waals surface area contributed by atoms with Gasteiger partial charge in [0.1, 0.15) is 21.5 Å². The maximum absolute atomic E-state index is 14.6. The fraction of sp³-hybridized carbons (Fsp3) is 0.263. The van der Waals surface area contributed by atoms with Crippen molar-refractivity contribution in [2.24, 2.45) is 10.7 Å². The minimum atomic E-state index is -9.94. The zero-order valence-electron chi connectivity index (χ0n) is 17.5. The summed E-state index contributed by atoms with van der Waals surface area (Å²) in [6.45, 7) is 2.48. The van der Waals surface area contributed by atoms with E-state index in [9.17, 15) is 41.4 Å². The van der Waals surface area contributed by atoms with Crippen molar-refractivity contribution in [3.05, 3.63) is 59.2 Å². The largest absolute Gasteiger partial charge is 0.386 e. The summed E-state index contributed by atoms with van der Waals surface area (Å²) in [6.07, 6.45) is 0. The van der Waals surface area contributed by atoms with Gasteiger partial charge in [-0.25, -0.2) is 17.2 Å². The van der Waals surface area contributed by atoms with E-state index in [0.29, 0.717) is 18.2 Å². The van der Waals surface area contributed by atoms with Crippen molar-refractivity contribution in [1.82, 2.24) is 0 Å². The summed E-state index contributed by atoms with van der Waals surface area (Å²) in [5.41, 5.74) is 2.40. The fourth-order valence-corrected chi connectivity index (χ4v) is 5.69. The molecule has 0 fully saturated rings. The van der Waals surface area contributed by atoms with Gasteiger partial charge in [0.25, 0.3) is 5.91 Å². The van der Waals surface area contributed by atoms with Crippen LogP contribution in [0.2, 0.25) is 0 Å². The van der Waals surface area contributed by atoms with Gasteiger partial charge in [-0.05, 0) is 44.2 Å². The molecule has 188 valence electrons. The number of aliphatic imine (C=N–C) groups is 1. The zero-order valence-corrected chi connectivity index (χ0v) is 19.1. The van der Waals surface area contributed by atoms with Crippen LogP contribution in [0.15, 0.2) is 46.3 Å². The molecule has 15 heteroatoms. The molecule has 0 aliphatic carbocycles. The molecule has 1 aliphatic heterocycles. The Hall–Kier alpha value is -2.81. The highest BCUT2D eigenvalue weighted by atomic mass is 32.5. The number of anilines is 1. The van der Waals surface area contributed by atoms with Crippen LogP contribution in [0.3, 0.4) is 0 Å². The van der Waals surface area contributed by atoms with Gasteiger partial charge in [-0.3, -0.25) is 9.79 Å². The quantitative estimate of drug-likeness (QED) is 0.524. The summed E-state index contributed by atoms with van der Waals surface area (Å²) in [5.74, 6) is -5.08. The van der Waals surface area contributed by atoms with Crippen LogP contribution in [0.1, 0.15) is 29.8 Å². The maximum atomic E-state index is 14.6. The Labute approximate surface area is 189 Å². The Bertz CT molecular complexity index is 1330. The lowest BCUT2D eigenvalue weighted by Gasteiger charge is -2.40. The fourth-order valence-electron chi connectivity index (χ4n) is 3.37. The normalized spacial score (nSPS) is 24.5. The van der Waals surface area contributed by atoms with Gasteiger partial charge in [0.2, 0.25) is 0 Å². The number of hydrogen-bond acceptors (Lipinski definition) is 5. The molecule has 0 aromatic heterocycles. The number of nitrogens with two attached hydrogens (primary N) is 1. The Morgan fingerprint density at radius 2 is 1.68 bits per heavy atom. The van der Waals surface area contributed by atoms with Gasteiger partial charge in [-0.2, -0.15) is 0 Å². The molecule has 2 atom stereocenters. The van der Waals surface area contributed by atoms with Crippen molar-refractivity contribution in [3.8, 4) is 0 Å². The number of amidine groups is 1. The minimum absolute atomic E-state index is 0.0275. The number of carbonyl (C=O) groups is 1. The molecule has 0 saturated carbocycles. The van der Waals surface area contributed by atoms with Crippen LogP contribution >= 0.6 is 10.2 Å². The smallest absolute Gasteiger partial charge is 0.310 e. The van der Waals surface area contributed by atoms with Gasteiger partial charge in [-0.1, -0.05) is 19.4 Å². The summed E-state index contributed by atoms with van der Waals surface area (Å²) < 4.78 is 118. The van der Waals surface area contributed by atoms with E-state index in [0.717, 1.165) is 6.07 Å². The number of nitrogens with one attached hydrogen (secondary N) is 1. The molecule has 0 spiro atoms. The van der Waals surface area contributed by atoms with E-state index in [1.807, 2.05) is 0 Å². The van der Waals surface area contributed by atoms with Gasteiger partial charge in [0, 0.05) is 22.9 Å². The van der Waals surface area contributed by atoms with Gasteiger partial charge < -0.3 is 11.1 Å². The average molecular weight is 533 g/mol. The monoisotopic (exact) mass is 533 g/mol. The van der Waals surface area contributed by atoms with Crippen molar-refractivity contribution >= 4 is 37.5 Å². The van der Waals surface area contributed by atoms with Gasteiger partial charge in [0.05, 0.1) is 5.75 Å². The molecule has 3 rings (SSSR count). The van der Waals surface area contributed by atoms with Crippen molar-refractivity contribution in [1.29, 1.82) is 0 Å². The minimum Gasteiger partial charge on any atom is -0.386 e. The second-order valence-electron chi connectivity index (χ2n) is 8.03. The molecule has 2 aromatic carbocycles. The molecular formula is C19H18F7N3O3S2. The zero-order chi connectivity index (χ0) is 26.0. The first-order chi connectivity index (χ1) is 15.1. The number of nitrogens with zero attached hydrogens (tertiary/aromatic N) is 1. The maximum Gasteiger partial charge on any atom is 0.310 e. The second kappa shape index (κ2) is 7.10. The lowest BCUT2D eigenvalue weighted by Crippen LogP contribution is -2.47. The van der Waals surface area contributed by atoms with Crippen LogP contribution in [0.5, 0.6) is 0 Å². The molecule has 1 heterocycles. The lowest BCUT2D eigenvalue weighted by molar-refractivity contribution is 0.102. The lowest BCUT2D eigenvalue weighted by atomic mass is 9.93. The van der Waals surface area contributed by atoms with E-state index < -0.39 is 70.2 Å². The van der Waals surface area contributed by atoms with Crippen LogP contribution in [0.25, 0.3) is 0 Å². The van der Waals surface area contributed by atoms with Gasteiger partial charge in [0.15, 0.2) is 21.5 Å². The van der Waals surface area contributed by atoms with Gasteiger partial charge >= 0.3 is 10.2 Å². The van der Waals surface area contributed by atoms with E-state index in [4.69, 9.17) is 5.73 Å². The molecule has 0 bridgehead atoms. The van der Waals surface area contributed by atoms with Crippen LogP contribution in [0.4, 0.5) is 33.9 Å². The van der Waals surface area contributed by atoms with Crippen molar-refractivity contribution < 1.29 is 41.4 Å². The van der Waals surface area contributed by atoms with Crippen molar-refractivity contribution in [3.63, 3.8) is 0 Å². The Kier molecular flexibility index (Phi) is 5.39. The SMILES string of the molecule is CC1C(N)=N[C@](C)(c2cc(NC(=O)c3ccc(S(F)(F)(F)(F)F)cc3)cc(F)c2F)CS1(=O)=O. The highest BCUT2D eigenvalue weighted by Gasteiger charge is 2.65. The molecule has 6 nitrogen and oxygen atoms in total. The first kappa shape index (κ1) is 25.8. The molecule has 34 heavy (non-hydrogen) atoms. The molecule has 0 radical (unpaired) electrons. The molecule has 1 aliphatic rings. The number of benzene rings is 2. The molecule has 1 amide bonds. The average Bonchev–Trinajstić information content (AvgIpc) is 2.66. The third-order valence-electron chi connectivity index (χ3n) is 5.24. The number of sulfone groups is 1. The third-order valence-corrected chi connectivity index (χ3v) is 8.69. The van der Waals surface area contributed by atoms with E-state index in [1.165, 1.54) is 13.8 Å². The van der Waals surface area contributed by atoms with Crippen molar-refractivity contribution in [2.75, 3.05) is 11.1 Å². The summed E-state index contributed by atoms with van der Waals surface area (Å²) in [6, 6.07) is 2.49. The van der Waals surface area contributed by atoms with E-state index in [1.54, 1.807) is 0 Å². The highest BCUT2D eigenvalue weighted by Crippen LogP contribution is 3.02. The van der Waals surface area contributed by atoms with E-state index in [-0.39, 0.29) is 23.7 Å². The number of halogens is 7. The van der Waals surface area contributed by atoms with Crippen LogP contribution in [-0.4, -0.2) is 31.2 Å². The molecule has 3 N–H and O–H groups in total. The number of amides is 1. The number of carbonyl (C=O) groups excluding carboxylic acids is 1. The first-order valence-electron chi connectivity index (χ1n) is 9.35. The Morgan fingerprint density at radius 1 is 1.12 bits per heavy atom. The molecule has 2 aromatic rings. The molecule has 0 saturated heterocycles. The van der Waals surface area contributed by atoms with Crippen LogP contribution < -0.4 is 11.1 Å². The van der Waals surface area contributed by atoms with E-state index >= 15 is 0 Å². The van der Waals surface area contributed by atoms with Crippen LogP contribution in [-0.2, 0) is 15.4 Å². The summed E-state index contributed by atoms with van der Waals surface area (Å²) in [5, 5.41) is 0.959. The third kappa shape index (κ3) is 4.99.